The summed E-state index contributed by atoms with van der Waals surface area (Å²) in [6.07, 6.45) is 1.61. The number of aromatic carboxylic acids is 1. The van der Waals surface area contributed by atoms with Crippen molar-refractivity contribution in [3.8, 4) is 0 Å². The molecular formula is C18H21FN4O2. The van der Waals surface area contributed by atoms with Gasteiger partial charge in [0.15, 0.2) is 0 Å². The van der Waals surface area contributed by atoms with Gasteiger partial charge in [0.2, 0.25) is 0 Å². The van der Waals surface area contributed by atoms with Gasteiger partial charge in [0, 0.05) is 31.7 Å². The summed E-state index contributed by atoms with van der Waals surface area (Å²) in [6.45, 7) is 1.98. The number of nitrogens with zero attached hydrogens (tertiary/aromatic N) is 2. The van der Waals surface area contributed by atoms with Crippen molar-refractivity contribution in [3.05, 3.63) is 65.2 Å². The molecule has 0 radical (unpaired) electrons. The number of hydrogen-bond donors (Lipinski definition) is 3. The standard InChI is InChI=1S/C18H21FN4O2/c1-23(11-16-15(18(24)25)3-2-8-20-16)10-13-9-21-22-17(13)12-4-6-14(19)7-5-12/h2-8,13,17,21-22H,9-11H2,1H3,(H,24,25). The second-order valence-corrected chi connectivity index (χ2v) is 6.31. The van der Waals surface area contributed by atoms with E-state index in [1.54, 1.807) is 30.5 Å². The van der Waals surface area contributed by atoms with E-state index in [1.807, 2.05) is 7.05 Å². The number of halogens is 1. The van der Waals surface area contributed by atoms with Gasteiger partial charge in [-0.3, -0.25) is 10.4 Å². The van der Waals surface area contributed by atoms with Crippen LogP contribution in [0, 0.1) is 11.7 Å². The van der Waals surface area contributed by atoms with Gasteiger partial charge in [0.25, 0.3) is 0 Å². The van der Waals surface area contributed by atoms with E-state index in [0.29, 0.717) is 12.2 Å². The highest BCUT2D eigenvalue weighted by atomic mass is 19.1. The van der Waals surface area contributed by atoms with Gasteiger partial charge < -0.3 is 10.0 Å². The number of nitrogens with one attached hydrogen (secondary N) is 2. The van der Waals surface area contributed by atoms with Gasteiger partial charge in [-0.2, -0.15) is 0 Å². The molecule has 132 valence electrons. The zero-order valence-electron chi connectivity index (χ0n) is 13.9. The summed E-state index contributed by atoms with van der Waals surface area (Å²) >= 11 is 0. The van der Waals surface area contributed by atoms with E-state index >= 15 is 0 Å². The first-order valence-corrected chi connectivity index (χ1v) is 8.14. The number of carboxylic acid groups (broad SMARTS) is 1. The third kappa shape index (κ3) is 4.19. The van der Waals surface area contributed by atoms with Crippen LogP contribution in [-0.4, -0.2) is 41.1 Å². The van der Waals surface area contributed by atoms with E-state index in [-0.39, 0.29) is 23.3 Å². The van der Waals surface area contributed by atoms with Crippen LogP contribution in [-0.2, 0) is 6.54 Å². The molecule has 2 unspecified atom stereocenters. The quantitative estimate of drug-likeness (QED) is 0.742. The molecule has 1 aromatic heterocycles. The number of rotatable bonds is 6. The van der Waals surface area contributed by atoms with E-state index in [9.17, 15) is 14.3 Å². The van der Waals surface area contributed by atoms with Crippen LogP contribution in [0.15, 0.2) is 42.6 Å². The average Bonchev–Trinajstić information content (AvgIpc) is 3.03. The summed E-state index contributed by atoms with van der Waals surface area (Å²) in [4.78, 5) is 17.6. The number of carboxylic acids is 1. The topological polar surface area (TPSA) is 77.5 Å². The Labute approximate surface area is 145 Å². The maximum absolute atomic E-state index is 13.1. The monoisotopic (exact) mass is 344 g/mol. The molecule has 1 saturated heterocycles. The number of pyridine rings is 1. The number of hydrogen-bond acceptors (Lipinski definition) is 5. The normalized spacial score (nSPS) is 20.1. The second kappa shape index (κ2) is 7.69. The minimum absolute atomic E-state index is 0.0747. The summed E-state index contributed by atoms with van der Waals surface area (Å²) in [7, 11) is 1.94. The molecule has 0 saturated carbocycles. The number of carbonyl (C=O) groups is 1. The summed E-state index contributed by atoms with van der Waals surface area (Å²) in [5, 5.41) is 9.27. The molecule has 3 N–H and O–H groups in total. The second-order valence-electron chi connectivity index (χ2n) is 6.31. The Morgan fingerprint density at radius 3 is 2.84 bits per heavy atom. The van der Waals surface area contributed by atoms with Gasteiger partial charge in [-0.1, -0.05) is 12.1 Å². The molecule has 1 fully saturated rings. The van der Waals surface area contributed by atoms with Crippen molar-refractivity contribution in [1.29, 1.82) is 0 Å². The van der Waals surface area contributed by atoms with E-state index in [2.05, 4.69) is 20.7 Å². The highest BCUT2D eigenvalue weighted by Gasteiger charge is 2.29. The average molecular weight is 344 g/mol. The Hall–Kier alpha value is -2.35. The van der Waals surface area contributed by atoms with Crippen LogP contribution in [0.5, 0.6) is 0 Å². The largest absolute Gasteiger partial charge is 0.478 e. The molecule has 7 heteroatoms. The van der Waals surface area contributed by atoms with E-state index in [0.717, 1.165) is 18.7 Å². The molecule has 0 aliphatic carbocycles. The first kappa shape index (κ1) is 17.5. The zero-order chi connectivity index (χ0) is 17.8. The van der Waals surface area contributed by atoms with Crippen LogP contribution < -0.4 is 10.9 Å². The molecule has 25 heavy (non-hydrogen) atoms. The molecule has 3 rings (SSSR count). The van der Waals surface area contributed by atoms with Gasteiger partial charge in [-0.05, 0) is 36.9 Å². The smallest absolute Gasteiger partial charge is 0.337 e. The molecule has 2 aromatic rings. The summed E-state index contributed by atoms with van der Waals surface area (Å²) in [5.74, 6) is -0.947. The zero-order valence-corrected chi connectivity index (χ0v) is 13.9. The molecule has 1 aromatic carbocycles. The maximum atomic E-state index is 13.1. The predicted octanol–water partition coefficient (Wildman–Crippen LogP) is 1.82. The van der Waals surface area contributed by atoms with Crippen LogP contribution in [0.1, 0.15) is 27.7 Å². The SMILES string of the molecule is CN(Cc1ncccc1C(=O)O)CC1CNNC1c1ccc(F)cc1. The highest BCUT2D eigenvalue weighted by molar-refractivity contribution is 5.88. The van der Waals surface area contributed by atoms with Crippen LogP contribution in [0.3, 0.4) is 0 Å². The van der Waals surface area contributed by atoms with Gasteiger partial charge in [-0.25, -0.2) is 14.6 Å². The lowest BCUT2D eigenvalue weighted by molar-refractivity contribution is 0.0694. The number of hydrazine groups is 1. The van der Waals surface area contributed by atoms with Gasteiger partial charge in [-0.15, -0.1) is 0 Å². The highest BCUT2D eigenvalue weighted by Crippen LogP contribution is 2.26. The van der Waals surface area contributed by atoms with E-state index in [4.69, 9.17) is 0 Å². The fourth-order valence-corrected chi connectivity index (χ4v) is 3.21. The lowest BCUT2D eigenvalue weighted by Gasteiger charge is -2.25. The molecule has 1 aliphatic rings. The minimum Gasteiger partial charge on any atom is -0.478 e. The van der Waals surface area contributed by atoms with Crippen LogP contribution >= 0.6 is 0 Å². The van der Waals surface area contributed by atoms with Crippen molar-refractivity contribution >= 4 is 5.97 Å². The molecule has 0 spiro atoms. The van der Waals surface area contributed by atoms with Crippen molar-refractivity contribution in [1.82, 2.24) is 20.7 Å². The summed E-state index contributed by atoms with van der Waals surface area (Å²) in [5.41, 5.74) is 8.19. The summed E-state index contributed by atoms with van der Waals surface area (Å²) < 4.78 is 13.1. The fraction of sp³-hybridized carbons (Fsp3) is 0.333. The Kier molecular flexibility index (Phi) is 5.37. The first-order chi connectivity index (χ1) is 12.0. The molecule has 6 nitrogen and oxygen atoms in total. The van der Waals surface area contributed by atoms with Gasteiger partial charge >= 0.3 is 5.97 Å². The van der Waals surface area contributed by atoms with Crippen LogP contribution in [0.4, 0.5) is 4.39 Å². The lowest BCUT2D eigenvalue weighted by Crippen LogP contribution is -2.30. The molecule has 0 bridgehead atoms. The maximum Gasteiger partial charge on any atom is 0.337 e. The molecule has 0 amide bonds. The Morgan fingerprint density at radius 1 is 1.36 bits per heavy atom. The van der Waals surface area contributed by atoms with Crippen molar-refractivity contribution in [2.45, 2.75) is 12.6 Å². The molecule has 1 aliphatic heterocycles. The Balaban J connectivity index is 1.67. The third-order valence-corrected chi connectivity index (χ3v) is 4.41. The number of aromatic nitrogens is 1. The van der Waals surface area contributed by atoms with Crippen molar-refractivity contribution in [2.75, 3.05) is 20.1 Å². The van der Waals surface area contributed by atoms with Gasteiger partial charge in [0.1, 0.15) is 5.82 Å². The minimum atomic E-state index is -0.968. The van der Waals surface area contributed by atoms with Crippen LogP contribution in [0.2, 0.25) is 0 Å². The first-order valence-electron chi connectivity index (χ1n) is 8.14. The lowest BCUT2D eigenvalue weighted by atomic mass is 9.94. The van der Waals surface area contributed by atoms with Crippen molar-refractivity contribution in [2.24, 2.45) is 5.92 Å². The van der Waals surface area contributed by atoms with Crippen LogP contribution in [0.25, 0.3) is 0 Å². The number of benzene rings is 1. The van der Waals surface area contributed by atoms with E-state index < -0.39 is 5.97 Å². The molecule has 2 heterocycles. The fourth-order valence-electron chi connectivity index (χ4n) is 3.21. The molecular weight excluding hydrogens is 323 g/mol. The predicted molar refractivity (Wildman–Crippen MR) is 91.3 cm³/mol. The Morgan fingerprint density at radius 2 is 2.12 bits per heavy atom. The van der Waals surface area contributed by atoms with Gasteiger partial charge in [0.05, 0.1) is 17.3 Å². The Bertz CT molecular complexity index is 738. The van der Waals surface area contributed by atoms with Crippen molar-refractivity contribution < 1.29 is 14.3 Å². The van der Waals surface area contributed by atoms with E-state index in [1.165, 1.54) is 12.1 Å². The summed E-state index contributed by atoms with van der Waals surface area (Å²) in [6, 6.07) is 9.76. The van der Waals surface area contributed by atoms with Crippen molar-refractivity contribution in [3.63, 3.8) is 0 Å². The molecule has 2 atom stereocenters. The third-order valence-electron chi connectivity index (χ3n) is 4.41.